The molecular formula is C31H35N7O4. The number of carboxylic acids is 1. The number of carbonyl (C=O) groups is 3. The largest absolute Gasteiger partial charge is 0.479 e. The monoisotopic (exact) mass is 569 g/mol. The number of para-hydroxylation sites is 1. The van der Waals surface area contributed by atoms with Gasteiger partial charge in [-0.1, -0.05) is 78.9 Å². The van der Waals surface area contributed by atoms with Crippen molar-refractivity contribution in [3.63, 3.8) is 0 Å². The van der Waals surface area contributed by atoms with Crippen molar-refractivity contribution in [1.29, 1.82) is 5.41 Å². The maximum atomic E-state index is 14.4. The average Bonchev–Trinajstić information content (AvgIpc) is 3.40. The lowest BCUT2D eigenvalue weighted by molar-refractivity contribution is -0.166. The molecule has 0 spiro atoms. The molecule has 0 aliphatic carbocycles. The SMILES string of the molecule is N=C(N)NCCC[C@H](N)C(=O)N(C(=O)[C@@H](N)Cc1c[nH]c2ccccc12)C(C(=O)O)(c1ccccc1)c1ccccc1. The van der Waals surface area contributed by atoms with Gasteiger partial charge in [-0.2, -0.15) is 0 Å². The zero-order chi connectivity index (χ0) is 30.3. The normalized spacial score (nSPS) is 12.8. The lowest BCUT2D eigenvalue weighted by Crippen LogP contribution is -2.64. The van der Waals surface area contributed by atoms with E-state index in [4.69, 9.17) is 22.6 Å². The molecule has 10 N–H and O–H groups in total. The fraction of sp³-hybridized carbons (Fsp3) is 0.226. The zero-order valence-corrected chi connectivity index (χ0v) is 23.0. The Morgan fingerprint density at radius 3 is 2.00 bits per heavy atom. The number of nitrogens with zero attached hydrogens (tertiary/aromatic N) is 1. The number of imide groups is 1. The molecule has 42 heavy (non-hydrogen) atoms. The molecule has 0 unspecified atom stereocenters. The van der Waals surface area contributed by atoms with Crippen molar-refractivity contribution in [2.75, 3.05) is 6.54 Å². The summed E-state index contributed by atoms with van der Waals surface area (Å²) < 4.78 is 0. The molecule has 1 heterocycles. The highest BCUT2D eigenvalue weighted by molar-refractivity contribution is 6.06. The van der Waals surface area contributed by atoms with Crippen molar-refractivity contribution in [1.82, 2.24) is 15.2 Å². The number of guanidine groups is 1. The maximum absolute atomic E-state index is 14.4. The van der Waals surface area contributed by atoms with Gasteiger partial charge in [0.1, 0.15) is 0 Å². The molecule has 0 saturated heterocycles. The standard InChI is InChI=1S/C31H35N7O4/c32-24(15-9-17-36-30(34)35)27(39)38(28(40)25(33)18-20-19-37-26-16-8-7-14-23(20)26)31(29(41)42,21-10-3-1-4-11-21)22-12-5-2-6-13-22/h1-8,10-14,16,19,24-25,37H,9,15,17-18,32-33H2,(H,41,42)(H4,34,35,36)/t24-,25-/m0/s1. The first-order chi connectivity index (χ1) is 20.2. The van der Waals surface area contributed by atoms with Gasteiger partial charge < -0.3 is 32.6 Å². The Bertz CT molecular complexity index is 1520. The highest BCUT2D eigenvalue weighted by Crippen LogP contribution is 2.38. The van der Waals surface area contributed by atoms with E-state index in [-0.39, 0.29) is 36.5 Å². The molecule has 11 heteroatoms. The summed E-state index contributed by atoms with van der Waals surface area (Å²) in [7, 11) is 0. The minimum Gasteiger partial charge on any atom is -0.479 e. The second-order valence-electron chi connectivity index (χ2n) is 10.0. The van der Waals surface area contributed by atoms with Crippen molar-refractivity contribution in [2.24, 2.45) is 17.2 Å². The topological polar surface area (TPSA) is 204 Å². The highest BCUT2D eigenvalue weighted by atomic mass is 16.4. The number of amides is 2. The number of benzene rings is 3. The van der Waals surface area contributed by atoms with Gasteiger partial charge in [0.25, 0.3) is 0 Å². The predicted octanol–water partition coefficient (Wildman–Crippen LogP) is 2.01. The van der Waals surface area contributed by atoms with E-state index in [0.717, 1.165) is 21.4 Å². The third-order valence-electron chi connectivity index (χ3n) is 7.23. The molecule has 0 aliphatic rings. The average molecular weight is 570 g/mol. The second-order valence-corrected chi connectivity index (χ2v) is 10.0. The second kappa shape index (κ2) is 13.1. The summed E-state index contributed by atoms with van der Waals surface area (Å²) in [6.45, 7) is 0.270. The Hall–Kier alpha value is -5.00. The van der Waals surface area contributed by atoms with Crippen LogP contribution in [-0.2, 0) is 26.3 Å². The predicted molar refractivity (Wildman–Crippen MR) is 160 cm³/mol. The lowest BCUT2D eigenvalue weighted by Gasteiger charge is -2.42. The summed E-state index contributed by atoms with van der Waals surface area (Å²) in [5.41, 5.74) is 17.9. The molecule has 4 rings (SSSR count). The minimum atomic E-state index is -2.26. The molecule has 3 aromatic carbocycles. The van der Waals surface area contributed by atoms with Crippen LogP contribution in [0.4, 0.5) is 0 Å². The number of hydrogen-bond acceptors (Lipinski definition) is 6. The van der Waals surface area contributed by atoms with E-state index in [1.165, 1.54) is 0 Å². The van der Waals surface area contributed by atoms with E-state index < -0.39 is 35.4 Å². The number of carbonyl (C=O) groups excluding carboxylic acids is 2. The van der Waals surface area contributed by atoms with E-state index in [2.05, 4.69) is 10.3 Å². The van der Waals surface area contributed by atoms with Crippen LogP contribution in [0.2, 0.25) is 0 Å². The van der Waals surface area contributed by atoms with Crippen molar-refractivity contribution in [3.8, 4) is 0 Å². The van der Waals surface area contributed by atoms with Crippen molar-refractivity contribution < 1.29 is 19.5 Å². The van der Waals surface area contributed by atoms with Gasteiger partial charge in [0, 0.05) is 23.6 Å². The molecule has 0 fully saturated rings. The Kier molecular flexibility index (Phi) is 9.35. The van der Waals surface area contributed by atoms with Crippen LogP contribution in [-0.4, -0.2) is 57.4 Å². The molecule has 4 aromatic rings. The summed E-state index contributed by atoms with van der Waals surface area (Å²) in [4.78, 5) is 45.9. The highest BCUT2D eigenvalue weighted by Gasteiger charge is 2.54. The molecule has 1 aromatic heterocycles. The minimum absolute atomic E-state index is 0.0453. The Labute approximate surface area is 243 Å². The molecule has 0 radical (unpaired) electrons. The van der Waals surface area contributed by atoms with Crippen LogP contribution in [0, 0.1) is 5.41 Å². The van der Waals surface area contributed by atoms with Crippen molar-refractivity contribution in [3.05, 3.63) is 108 Å². The van der Waals surface area contributed by atoms with Gasteiger partial charge in [-0.25, -0.2) is 4.79 Å². The number of carboxylic acid groups (broad SMARTS) is 1. The van der Waals surface area contributed by atoms with Crippen molar-refractivity contribution in [2.45, 2.75) is 36.9 Å². The number of hydrogen-bond donors (Lipinski definition) is 7. The van der Waals surface area contributed by atoms with E-state index in [9.17, 15) is 19.5 Å². The molecule has 0 bridgehead atoms. The van der Waals surface area contributed by atoms with Gasteiger partial charge in [-0.05, 0) is 42.0 Å². The van der Waals surface area contributed by atoms with Crippen LogP contribution in [0.15, 0.2) is 91.1 Å². The Balaban J connectivity index is 1.82. The van der Waals surface area contributed by atoms with E-state index in [0.29, 0.717) is 6.42 Å². The third kappa shape index (κ3) is 6.02. The van der Waals surface area contributed by atoms with Gasteiger partial charge in [-0.15, -0.1) is 0 Å². The molecule has 2 atom stereocenters. The summed E-state index contributed by atoms with van der Waals surface area (Å²) in [6.07, 6.45) is 2.23. The number of rotatable bonds is 12. The van der Waals surface area contributed by atoms with Crippen LogP contribution in [0.25, 0.3) is 10.9 Å². The van der Waals surface area contributed by atoms with E-state index in [1.54, 1.807) is 66.9 Å². The number of nitrogens with one attached hydrogen (secondary N) is 3. The van der Waals surface area contributed by atoms with Crippen LogP contribution in [0.3, 0.4) is 0 Å². The maximum Gasteiger partial charge on any atom is 0.339 e. The smallest absolute Gasteiger partial charge is 0.339 e. The quantitative estimate of drug-likeness (QED) is 0.0761. The number of nitrogens with two attached hydrogens (primary N) is 3. The van der Waals surface area contributed by atoms with Crippen LogP contribution >= 0.6 is 0 Å². The van der Waals surface area contributed by atoms with Gasteiger partial charge in [0.2, 0.25) is 11.8 Å². The number of aromatic amines is 1. The number of aliphatic carboxylic acids is 1. The first-order valence-corrected chi connectivity index (χ1v) is 13.5. The van der Waals surface area contributed by atoms with Gasteiger partial charge >= 0.3 is 5.97 Å². The zero-order valence-electron chi connectivity index (χ0n) is 23.0. The molecule has 11 nitrogen and oxygen atoms in total. The number of aromatic nitrogens is 1. The Morgan fingerprint density at radius 1 is 0.881 bits per heavy atom. The lowest BCUT2D eigenvalue weighted by atomic mass is 9.79. The fourth-order valence-corrected chi connectivity index (χ4v) is 5.19. The van der Waals surface area contributed by atoms with Crippen LogP contribution < -0.4 is 22.5 Å². The molecule has 0 saturated carbocycles. The Morgan fingerprint density at radius 2 is 1.43 bits per heavy atom. The summed E-state index contributed by atoms with van der Waals surface area (Å²) >= 11 is 0. The van der Waals surface area contributed by atoms with Crippen LogP contribution in [0.5, 0.6) is 0 Å². The van der Waals surface area contributed by atoms with Crippen molar-refractivity contribution >= 4 is 34.6 Å². The molecule has 218 valence electrons. The first-order valence-electron chi connectivity index (χ1n) is 13.5. The molecular weight excluding hydrogens is 534 g/mol. The van der Waals surface area contributed by atoms with E-state index in [1.807, 2.05) is 24.3 Å². The van der Waals surface area contributed by atoms with Gasteiger partial charge in [-0.3, -0.25) is 19.9 Å². The van der Waals surface area contributed by atoms with Gasteiger partial charge in [0.15, 0.2) is 11.5 Å². The molecule has 2 amide bonds. The van der Waals surface area contributed by atoms with E-state index >= 15 is 0 Å². The summed E-state index contributed by atoms with van der Waals surface area (Å²) in [5, 5.41) is 21.8. The third-order valence-corrected chi connectivity index (χ3v) is 7.23. The van der Waals surface area contributed by atoms with Gasteiger partial charge in [0.05, 0.1) is 12.1 Å². The molecule has 0 aliphatic heterocycles. The summed E-state index contributed by atoms with van der Waals surface area (Å²) in [5.74, 6) is -3.43. The number of fused-ring (bicyclic) bond motifs is 1. The first kappa shape index (κ1) is 30.0. The summed E-state index contributed by atoms with van der Waals surface area (Å²) in [6, 6.07) is 21.2. The fourth-order valence-electron chi connectivity index (χ4n) is 5.19. The number of H-pyrrole nitrogens is 1. The van der Waals surface area contributed by atoms with Crippen LogP contribution in [0.1, 0.15) is 29.5 Å².